The van der Waals surface area contributed by atoms with Crippen LogP contribution in [0.5, 0.6) is 0 Å². The number of carboxylic acids is 1. The number of nitrogens with zero attached hydrogens (tertiary/aromatic N) is 1. The lowest BCUT2D eigenvalue weighted by Crippen LogP contribution is -2.51. The molecule has 0 aromatic carbocycles. The minimum Gasteiger partial charge on any atom is -0.477 e. The molecule has 0 aliphatic rings. The highest BCUT2D eigenvalue weighted by atomic mass is 16.4. The number of nitrogens with two attached hydrogens (primary N) is 1. The van der Waals surface area contributed by atoms with Crippen LogP contribution in [-0.2, 0) is 11.3 Å². The average Bonchev–Trinajstić information content (AvgIpc) is 2.42. The Balaban J connectivity index is 2.62. The summed E-state index contributed by atoms with van der Waals surface area (Å²) in [5.41, 5.74) is 5.60. The first-order valence-corrected chi connectivity index (χ1v) is 6.33. The fourth-order valence-corrected chi connectivity index (χ4v) is 1.64. The number of carboxylic acid groups (broad SMARTS) is 1. The summed E-state index contributed by atoms with van der Waals surface area (Å²) in [6.45, 7) is 3.74. The SMILES string of the molecule is CC(C)C(NC(N)=O)C(=O)NCc1ccc(C(=O)O)nc1. The fraction of sp³-hybridized carbons (Fsp3) is 0.385. The highest BCUT2D eigenvalue weighted by Gasteiger charge is 2.22. The van der Waals surface area contributed by atoms with Gasteiger partial charge in [-0.15, -0.1) is 0 Å². The number of aromatic nitrogens is 1. The summed E-state index contributed by atoms with van der Waals surface area (Å²) in [7, 11) is 0. The van der Waals surface area contributed by atoms with Gasteiger partial charge in [-0.1, -0.05) is 19.9 Å². The third kappa shape index (κ3) is 5.09. The van der Waals surface area contributed by atoms with Crippen molar-refractivity contribution in [2.45, 2.75) is 26.4 Å². The Labute approximate surface area is 121 Å². The molecule has 8 heteroatoms. The van der Waals surface area contributed by atoms with Crippen molar-refractivity contribution in [1.29, 1.82) is 0 Å². The van der Waals surface area contributed by atoms with Crippen molar-refractivity contribution in [2.24, 2.45) is 11.7 Å². The van der Waals surface area contributed by atoms with Crippen LogP contribution in [0, 0.1) is 5.92 Å². The van der Waals surface area contributed by atoms with E-state index in [9.17, 15) is 14.4 Å². The van der Waals surface area contributed by atoms with Crippen molar-refractivity contribution in [3.05, 3.63) is 29.6 Å². The zero-order valence-electron chi connectivity index (χ0n) is 11.8. The van der Waals surface area contributed by atoms with Crippen molar-refractivity contribution in [3.63, 3.8) is 0 Å². The summed E-state index contributed by atoms with van der Waals surface area (Å²) in [6, 6.07) is 1.42. The third-order valence-electron chi connectivity index (χ3n) is 2.76. The largest absolute Gasteiger partial charge is 0.477 e. The molecule has 1 aromatic heterocycles. The highest BCUT2D eigenvalue weighted by molar-refractivity contribution is 5.87. The van der Waals surface area contributed by atoms with E-state index in [0.717, 1.165) is 0 Å². The van der Waals surface area contributed by atoms with Gasteiger partial charge in [0.1, 0.15) is 11.7 Å². The number of hydrogen-bond donors (Lipinski definition) is 4. The van der Waals surface area contributed by atoms with Gasteiger partial charge in [-0.3, -0.25) is 4.79 Å². The van der Waals surface area contributed by atoms with E-state index in [0.29, 0.717) is 5.56 Å². The maximum atomic E-state index is 12.0. The van der Waals surface area contributed by atoms with Crippen molar-refractivity contribution < 1.29 is 19.5 Å². The summed E-state index contributed by atoms with van der Waals surface area (Å²) in [4.78, 5) is 37.2. The van der Waals surface area contributed by atoms with Crippen LogP contribution in [0.2, 0.25) is 0 Å². The van der Waals surface area contributed by atoms with E-state index in [1.165, 1.54) is 12.3 Å². The predicted octanol–water partition coefficient (Wildman–Crippen LogP) is 0.0889. The molecule has 0 saturated heterocycles. The van der Waals surface area contributed by atoms with Gasteiger partial charge in [0.15, 0.2) is 0 Å². The summed E-state index contributed by atoms with van der Waals surface area (Å²) in [5.74, 6) is -1.60. The maximum absolute atomic E-state index is 12.0. The number of hydrogen-bond acceptors (Lipinski definition) is 4. The molecular formula is C13H18N4O4. The molecular weight excluding hydrogens is 276 g/mol. The molecule has 1 unspecified atom stereocenters. The summed E-state index contributed by atoms with van der Waals surface area (Å²) >= 11 is 0. The molecule has 3 amide bonds. The Morgan fingerprint density at radius 3 is 2.43 bits per heavy atom. The van der Waals surface area contributed by atoms with Gasteiger partial charge < -0.3 is 21.5 Å². The summed E-state index contributed by atoms with van der Waals surface area (Å²) in [5, 5.41) is 13.7. The Hall–Kier alpha value is -2.64. The molecule has 21 heavy (non-hydrogen) atoms. The number of primary amides is 1. The molecule has 0 aliphatic heterocycles. The molecule has 1 aromatic rings. The minimum atomic E-state index is -1.11. The lowest BCUT2D eigenvalue weighted by Gasteiger charge is -2.20. The van der Waals surface area contributed by atoms with Crippen molar-refractivity contribution in [1.82, 2.24) is 15.6 Å². The van der Waals surface area contributed by atoms with E-state index in [2.05, 4.69) is 15.6 Å². The van der Waals surface area contributed by atoms with Crippen LogP contribution in [-0.4, -0.2) is 34.0 Å². The summed E-state index contributed by atoms with van der Waals surface area (Å²) in [6.07, 6.45) is 1.37. The standard InChI is InChI=1S/C13H18N4O4/c1-7(2)10(17-13(14)21)11(18)16-6-8-3-4-9(12(19)20)15-5-8/h3-5,7,10H,6H2,1-2H3,(H,16,18)(H,19,20)(H3,14,17,21). The molecule has 0 saturated carbocycles. The Morgan fingerprint density at radius 1 is 1.33 bits per heavy atom. The third-order valence-corrected chi connectivity index (χ3v) is 2.76. The second-order valence-corrected chi connectivity index (χ2v) is 4.80. The molecule has 0 aliphatic carbocycles. The lowest BCUT2D eigenvalue weighted by molar-refractivity contribution is -0.124. The minimum absolute atomic E-state index is 0.0690. The van der Waals surface area contributed by atoms with E-state index >= 15 is 0 Å². The van der Waals surface area contributed by atoms with E-state index < -0.39 is 18.0 Å². The van der Waals surface area contributed by atoms with E-state index in [1.54, 1.807) is 19.9 Å². The van der Waals surface area contributed by atoms with Crippen LogP contribution >= 0.6 is 0 Å². The van der Waals surface area contributed by atoms with Gasteiger partial charge in [0, 0.05) is 12.7 Å². The van der Waals surface area contributed by atoms with Crippen LogP contribution < -0.4 is 16.4 Å². The molecule has 114 valence electrons. The smallest absolute Gasteiger partial charge is 0.354 e. The Morgan fingerprint density at radius 2 is 2.00 bits per heavy atom. The average molecular weight is 294 g/mol. The first-order valence-electron chi connectivity index (χ1n) is 6.33. The number of urea groups is 1. The monoisotopic (exact) mass is 294 g/mol. The molecule has 1 atom stereocenters. The molecule has 1 heterocycles. The van der Waals surface area contributed by atoms with Crippen LogP contribution in [0.25, 0.3) is 0 Å². The van der Waals surface area contributed by atoms with Crippen LogP contribution in [0.1, 0.15) is 29.9 Å². The number of pyridine rings is 1. The number of nitrogens with one attached hydrogen (secondary N) is 2. The first kappa shape index (κ1) is 16.4. The number of aromatic carboxylic acids is 1. The van der Waals surface area contributed by atoms with Gasteiger partial charge in [0.2, 0.25) is 5.91 Å². The van der Waals surface area contributed by atoms with Crippen molar-refractivity contribution in [2.75, 3.05) is 0 Å². The quantitative estimate of drug-likeness (QED) is 0.589. The van der Waals surface area contributed by atoms with Crippen LogP contribution in [0.3, 0.4) is 0 Å². The van der Waals surface area contributed by atoms with Gasteiger partial charge in [0.05, 0.1) is 0 Å². The molecule has 0 spiro atoms. The normalized spacial score (nSPS) is 11.8. The zero-order valence-corrected chi connectivity index (χ0v) is 11.8. The maximum Gasteiger partial charge on any atom is 0.354 e. The summed E-state index contributed by atoms with van der Waals surface area (Å²) < 4.78 is 0. The number of amides is 3. The van der Waals surface area contributed by atoms with E-state index in [1.807, 2.05) is 0 Å². The molecule has 0 fully saturated rings. The molecule has 0 bridgehead atoms. The second kappa shape index (κ2) is 7.22. The molecule has 5 N–H and O–H groups in total. The molecule has 0 radical (unpaired) electrons. The lowest BCUT2D eigenvalue weighted by atomic mass is 10.0. The topological polar surface area (TPSA) is 134 Å². The number of carbonyl (C=O) groups is 3. The van der Waals surface area contributed by atoms with Crippen LogP contribution in [0.15, 0.2) is 18.3 Å². The fourth-order valence-electron chi connectivity index (χ4n) is 1.64. The number of carbonyl (C=O) groups excluding carboxylic acids is 2. The van der Waals surface area contributed by atoms with Gasteiger partial charge >= 0.3 is 12.0 Å². The van der Waals surface area contributed by atoms with Crippen molar-refractivity contribution >= 4 is 17.9 Å². The zero-order chi connectivity index (χ0) is 16.0. The second-order valence-electron chi connectivity index (χ2n) is 4.80. The van der Waals surface area contributed by atoms with Crippen LogP contribution in [0.4, 0.5) is 4.79 Å². The van der Waals surface area contributed by atoms with Crippen molar-refractivity contribution in [3.8, 4) is 0 Å². The Kier molecular flexibility index (Phi) is 5.65. The highest BCUT2D eigenvalue weighted by Crippen LogP contribution is 2.04. The van der Waals surface area contributed by atoms with E-state index in [-0.39, 0.29) is 24.1 Å². The van der Waals surface area contributed by atoms with Gasteiger partial charge in [-0.2, -0.15) is 0 Å². The molecule has 8 nitrogen and oxygen atoms in total. The van der Waals surface area contributed by atoms with Gasteiger partial charge in [-0.05, 0) is 17.5 Å². The van der Waals surface area contributed by atoms with Gasteiger partial charge in [-0.25, -0.2) is 14.6 Å². The predicted molar refractivity (Wildman–Crippen MR) is 74.4 cm³/mol. The van der Waals surface area contributed by atoms with E-state index in [4.69, 9.17) is 10.8 Å². The Bertz CT molecular complexity index is 527. The van der Waals surface area contributed by atoms with Gasteiger partial charge in [0.25, 0.3) is 0 Å². The molecule has 1 rings (SSSR count). The number of rotatable bonds is 6. The first-order chi connectivity index (χ1) is 9.81.